The molecule has 1 aromatic carbocycles. The van der Waals surface area contributed by atoms with Crippen molar-refractivity contribution in [2.75, 3.05) is 20.3 Å². The van der Waals surface area contributed by atoms with Crippen molar-refractivity contribution in [1.29, 1.82) is 0 Å². The number of fused-ring (bicyclic) bond motifs is 1. The predicted molar refractivity (Wildman–Crippen MR) is 73.0 cm³/mol. The molecule has 0 radical (unpaired) electrons. The highest BCUT2D eigenvalue weighted by Gasteiger charge is 2.13. The highest BCUT2D eigenvalue weighted by Crippen LogP contribution is 2.19. The van der Waals surface area contributed by atoms with E-state index in [9.17, 15) is 14.7 Å². The van der Waals surface area contributed by atoms with Gasteiger partial charge in [0.15, 0.2) is 0 Å². The molecule has 2 aromatic rings. The van der Waals surface area contributed by atoms with Crippen LogP contribution in [0.3, 0.4) is 0 Å². The molecule has 0 saturated heterocycles. The average molecular weight is 277 g/mol. The van der Waals surface area contributed by atoms with Crippen molar-refractivity contribution in [3.63, 3.8) is 0 Å². The summed E-state index contributed by atoms with van der Waals surface area (Å²) in [7, 11) is 1.58. The van der Waals surface area contributed by atoms with E-state index in [-0.39, 0.29) is 16.9 Å². The molecule has 2 N–H and O–H groups in total. The molecule has 0 bridgehead atoms. The maximum atomic E-state index is 11.9. The van der Waals surface area contributed by atoms with Crippen molar-refractivity contribution in [3.05, 3.63) is 40.2 Å². The molecule has 6 heteroatoms. The van der Waals surface area contributed by atoms with Crippen LogP contribution in [0.2, 0.25) is 0 Å². The van der Waals surface area contributed by atoms with E-state index in [1.54, 1.807) is 13.2 Å². The Morgan fingerprint density at radius 1 is 1.40 bits per heavy atom. The van der Waals surface area contributed by atoms with Crippen LogP contribution in [-0.4, -0.2) is 31.3 Å². The minimum absolute atomic E-state index is 0.00239. The molecule has 6 nitrogen and oxygen atoms in total. The molecule has 0 saturated carbocycles. The Bertz CT molecular complexity index is 677. The fourth-order valence-electron chi connectivity index (χ4n) is 1.77. The molecular weight excluding hydrogens is 262 g/mol. The molecule has 106 valence electrons. The van der Waals surface area contributed by atoms with Crippen LogP contribution >= 0.6 is 0 Å². The number of carbonyl (C=O) groups excluding carboxylic acids is 1. The quantitative estimate of drug-likeness (QED) is 0.634. The van der Waals surface area contributed by atoms with Gasteiger partial charge in [0, 0.05) is 31.7 Å². The summed E-state index contributed by atoms with van der Waals surface area (Å²) >= 11 is 0. The smallest absolute Gasteiger partial charge is 0.349 e. The maximum Gasteiger partial charge on any atom is 0.349 e. The zero-order chi connectivity index (χ0) is 14.5. The van der Waals surface area contributed by atoms with Gasteiger partial charge in [0.2, 0.25) is 0 Å². The molecule has 0 aliphatic heterocycles. The van der Waals surface area contributed by atoms with Gasteiger partial charge >= 0.3 is 5.63 Å². The summed E-state index contributed by atoms with van der Waals surface area (Å²) in [4.78, 5) is 23.6. The molecule has 1 heterocycles. The van der Waals surface area contributed by atoms with E-state index in [4.69, 9.17) is 9.15 Å². The molecule has 0 atom stereocenters. The lowest BCUT2D eigenvalue weighted by atomic mass is 10.1. The number of amides is 1. The SMILES string of the molecule is COCCCNC(=O)c1cc2ccc(O)cc2oc1=O. The molecule has 0 aliphatic carbocycles. The number of benzene rings is 1. The Hall–Kier alpha value is -2.34. The minimum atomic E-state index is -0.729. The Balaban J connectivity index is 2.21. The second kappa shape index (κ2) is 6.21. The standard InChI is InChI=1S/C14H15NO5/c1-19-6-2-5-15-13(17)11-7-9-3-4-10(16)8-12(9)20-14(11)18/h3-4,7-8,16H,2,5-6H2,1H3,(H,15,17). The van der Waals surface area contributed by atoms with Gasteiger partial charge in [0.05, 0.1) is 0 Å². The summed E-state index contributed by atoms with van der Waals surface area (Å²) in [6.07, 6.45) is 0.662. The number of phenolic OH excluding ortho intramolecular Hbond substituents is 1. The number of hydrogen-bond donors (Lipinski definition) is 2. The highest BCUT2D eigenvalue weighted by molar-refractivity contribution is 5.96. The fraction of sp³-hybridized carbons (Fsp3) is 0.286. The van der Waals surface area contributed by atoms with Crippen molar-refractivity contribution in [2.24, 2.45) is 0 Å². The first-order valence-corrected chi connectivity index (χ1v) is 6.16. The maximum absolute atomic E-state index is 11.9. The Labute approximate surface area is 115 Å². The Morgan fingerprint density at radius 2 is 2.20 bits per heavy atom. The van der Waals surface area contributed by atoms with Gasteiger partial charge in [-0.2, -0.15) is 0 Å². The number of aromatic hydroxyl groups is 1. The van der Waals surface area contributed by atoms with Crippen molar-refractivity contribution in [1.82, 2.24) is 5.32 Å². The van der Waals surface area contributed by atoms with E-state index in [0.29, 0.717) is 25.0 Å². The molecule has 1 aromatic heterocycles. The third kappa shape index (κ3) is 3.16. The van der Waals surface area contributed by atoms with Gasteiger partial charge in [-0.25, -0.2) is 4.79 Å². The van der Waals surface area contributed by atoms with Crippen LogP contribution in [-0.2, 0) is 4.74 Å². The van der Waals surface area contributed by atoms with Gasteiger partial charge in [0.25, 0.3) is 5.91 Å². The van der Waals surface area contributed by atoms with Crippen LogP contribution in [0.15, 0.2) is 33.5 Å². The summed E-state index contributed by atoms with van der Waals surface area (Å²) < 4.78 is 9.89. The van der Waals surface area contributed by atoms with Crippen molar-refractivity contribution < 1.29 is 19.1 Å². The van der Waals surface area contributed by atoms with E-state index in [2.05, 4.69) is 5.32 Å². The average Bonchev–Trinajstić information content (AvgIpc) is 2.42. The first-order valence-electron chi connectivity index (χ1n) is 6.16. The van der Waals surface area contributed by atoms with E-state index >= 15 is 0 Å². The Morgan fingerprint density at radius 3 is 2.95 bits per heavy atom. The van der Waals surface area contributed by atoms with E-state index < -0.39 is 11.5 Å². The number of rotatable bonds is 5. The topological polar surface area (TPSA) is 88.8 Å². The van der Waals surface area contributed by atoms with E-state index in [0.717, 1.165) is 0 Å². The predicted octanol–water partition coefficient (Wildman–Crippen LogP) is 1.26. The molecular formula is C14H15NO5. The number of carbonyl (C=O) groups is 1. The van der Waals surface area contributed by atoms with E-state index in [1.807, 2.05) is 0 Å². The largest absolute Gasteiger partial charge is 0.508 e. The number of hydrogen-bond acceptors (Lipinski definition) is 5. The second-order valence-electron chi connectivity index (χ2n) is 4.27. The highest BCUT2D eigenvalue weighted by atomic mass is 16.5. The number of methoxy groups -OCH3 is 1. The molecule has 2 rings (SSSR count). The summed E-state index contributed by atoms with van der Waals surface area (Å²) in [5.74, 6) is -0.484. The van der Waals surface area contributed by atoms with Gasteiger partial charge in [-0.3, -0.25) is 4.79 Å². The van der Waals surface area contributed by atoms with Crippen LogP contribution in [0.5, 0.6) is 5.75 Å². The molecule has 0 fully saturated rings. The number of phenols is 1. The normalized spacial score (nSPS) is 10.7. The van der Waals surface area contributed by atoms with Crippen LogP contribution < -0.4 is 10.9 Å². The lowest BCUT2D eigenvalue weighted by Crippen LogP contribution is -2.29. The second-order valence-corrected chi connectivity index (χ2v) is 4.27. The zero-order valence-corrected chi connectivity index (χ0v) is 11.0. The van der Waals surface area contributed by atoms with Crippen molar-refractivity contribution >= 4 is 16.9 Å². The molecule has 0 spiro atoms. The van der Waals surface area contributed by atoms with Crippen LogP contribution in [0, 0.1) is 0 Å². The van der Waals surface area contributed by atoms with Crippen LogP contribution in [0.4, 0.5) is 0 Å². The monoisotopic (exact) mass is 277 g/mol. The van der Waals surface area contributed by atoms with Gasteiger partial charge in [-0.15, -0.1) is 0 Å². The van der Waals surface area contributed by atoms with Gasteiger partial charge < -0.3 is 19.6 Å². The number of nitrogens with one attached hydrogen (secondary N) is 1. The third-order valence-electron chi connectivity index (χ3n) is 2.77. The summed E-state index contributed by atoms with van der Waals surface area (Å²) in [5.41, 5.74) is -0.543. The van der Waals surface area contributed by atoms with Crippen molar-refractivity contribution in [2.45, 2.75) is 6.42 Å². The first-order chi connectivity index (χ1) is 9.61. The van der Waals surface area contributed by atoms with Gasteiger partial charge in [-0.05, 0) is 24.6 Å². The summed E-state index contributed by atoms with van der Waals surface area (Å²) in [6.45, 7) is 0.950. The molecule has 0 unspecified atom stereocenters. The number of ether oxygens (including phenoxy) is 1. The lowest BCUT2D eigenvalue weighted by molar-refractivity contribution is 0.0945. The molecule has 0 aliphatic rings. The molecule has 20 heavy (non-hydrogen) atoms. The first kappa shape index (κ1) is 14.1. The zero-order valence-electron chi connectivity index (χ0n) is 11.0. The van der Waals surface area contributed by atoms with Crippen LogP contribution in [0.25, 0.3) is 11.0 Å². The van der Waals surface area contributed by atoms with Crippen LogP contribution in [0.1, 0.15) is 16.8 Å². The Kier molecular flexibility index (Phi) is 4.37. The summed E-state index contributed by atoms with van der Waals surface area (Å²) in [5, 5.41) is 12.5. The third-order valence-corrected chi connectivity index (χ3v) is 2.77. The minimum Gasteiger partial charge on any atom is -0.508 e. The summed E-state index contributed by atoms with van der Waals surface area (Å²) in [6, 6.07) is 5.82. The van der Waals surface area contributed by atoms with E-state index in [1.165, 1.54) is 18.2 Å². The van der Waals surface area contributed by atoms with Gasteiger partial charge in [0.1, 0.15) is 16.9 Å². The van der Waals surface area contributed by atoms with Crippen molar-refractivity contribution in [3.8, 4) is 5.75 Å². The fourth-order valence-corrected chi connectivity index (χ4v) is 1.77. The molecule has 1 amide bonds. The lowest BCUT2D eigenvalue weighted by Gasteiger charge is -2.05. The van der Waals surface area contributed by atoms with Gasteiger partial charge in [-0.1, -0.05) is 0 Å².